The van der Waals surface area contributed by atoms with E-state index in [-0.39, 0.29) is 5.91 Å². The van der Waals surface area contributed by atoms with E-state index in [1.54, 1.807) is 22.7 Å². The van der Waals surface area contributed by atoms with Crippen molar-refractivity contribution in [2.45, 2.75) is 24.8 Å². The molecule has 1 aliphatic carbocycles. The molecule has 6 heteroatoms. The van der Waals surface area contributed by atoms with E-state index in [9.17, 15) is 4.79 Å². The summed E-state index contributed by atoms with van der Waals surface area (Å²) in [6.45, 7) is 0.577. The van der Waals surface area contributed by atoms with E-state index in [1.807, 2.05) is 41.1 Å². The summed E-state index contributed by atoms with van der Waals surface area (Å²) in [4.78, 5) is 14.7. The maximum Gasteiger partial charge on any atom is 0.232 e. The van der Waals surface area contributed by atoms with E-state index >= 15 is 0 Å². The van der Waals surface area contributed by atoms with E-state index in [0.29, 0.717) is 6.54 Å². The Labute approximate surface area is 135 Å². The summed E-state index contributed by atoms with van der Waals surface area (Å²) in [5.74, 6) is 0.786. The minimum atomic E-state index is -0.490. The summed E-state index contributed by atoms with van der Waals surface area (Å²) in [6.07, 6.45) is 1.67. The van der Waals surface area contributed by atoms with E-state index in [1.165, 1.54) is 0 Å². The monoisotopic (exact) mass is 330 g/mol. The van der Waals surface area contributed by atoms with Gasteiger partial charge in [0.2, 0.25) is 5.91 Å². The second-order valence-corrected chi connectivity index (χ2v) is 7.38. The fourth-order valence-corrected chi connectivity index (χ4v) is 3.83. The van der Waals surface area contributed by atoms with Crippen LogP contribution in [0.5, 0.6) is 0 Å². The SMILES string of the molecule is O=C(NCc1cccs1)C1(c2cc(-c3cccs3)on2)CC1. The van der Waals surface area contributed by atoms with Crippen molar-refractivity contribution in [3.8, 4) is 10.6 Å². The number of carbonyl (C=O) groups excluding carboxylic acids is 1. The van der Waals surface area contributed by atoms with Crippen LogP contribution in [0.15, 0.2) is 45.6 Å². The Bertz CT molecular complexity index is 771. The van der Waals surface area contributed by atoms with Crippen LogP contribution in [-0.4, -0.2) is 11.1 Å². The minimum absolute atomic E-state index is 0.0481. The van der Waals surface area contributed by atoms with Gasteiger partial charge >= 0.3 is 0 Å². The first-order chi connectivity index (χ1) is 10.8. The summed E-state index contributed by atoms with van der Waals surface area (Å²) >= 11 is 3.25. The molecule has 0 spiro atoms. The maximum atomic E-state index is 12.5. The van der Waals surface area contributed by atoms with Crippen LogP contribution < -0.4 is 5.32 Å². The van der Waals surface area contributed by atoms with Gasteiger partial charge in [0.1, 0.15) is 0 Å². The molecule has 1 saturated carbocycles. The topological polar surface area (TPSA) is 55.1 Å². The Balaban J connectivity index is 1.50. The molecule has 1 fully saturated rings. The molecule has 1 amide bonds. The first-order valence-corrected chi connectivity index (χ1v) is 8.86. The number of hydrogen-bond acceptors (Lipinski definition) is 5. The highest BCUT2D eigenvalue weighted by atomic mass is 32.1. The Hall–Kier alpha value is -1.92. The van der Waals surface area contributed by atoms with Gasteiger partial charge in [-0.1, -0.05) is 17.3 Å². The molecule has 0 bridgehead atoms. The van der Waals surface area contributed by atoms with Crippen molar-refractivity contribution >= 4 is 28.6 Å². The van der Waals surface area contributed by atoms with Gasteiger partial charge < -0.3 is 9.84 Å². The van der Waals surface area contributed by atoms with E-state index < -0.39 is 5.41 Å². The number of rotatable bonds is 5. The largest absolute Gasteiger partial charge is 0.355 e. The van der Waals surface area contributed by atoms with Crippen molar-refractivity contribution in [2.75, 3.05) is 0 Å². The number of nitrogens with zero attached hydrogens (tertiary/aromatic N) is 1. The molecule has 3 aromatic heterocycles. The lowest BCUT2D eigenvalue weighted by Gasteiger charge is -2.11. The van der Waals surface area contributed by atoms with Gasteiger partial charge in [0, 0.05) is 10.9 Å². The van der Waals surface area contributed by atoms with Gasteiger partial charge in [-0.25, -0.2) is 0 Å². The Morgan fingerprint density at radius 1 is 1.27 bits per heavy atom. The van der Waals surface area contributed by atoms with Gasteiger partial charge in [-0.15, -0.1) is 22.7 Å². The highest BCUT2D eigenvalue weighted by Gasteiger charge is 2.53. The first kappa shape index (κ1) is 13.7. The van der Waals surface area contributed by atoms with Gasteiger partial charge in [0.25, 0.3) is 0 Å². The molecule has 1 aliphatic rings. The third kappa shape index (κ3) is 2.38. The molecule has 112 valence electrons. The zero-order valence-corrected chi connectivity index (χ0v) is 13.4. The molecule has 0 aliphatic heterocycles. The average molecular weight is 330 g/mol. The predicted octanol–water partition coefficient (Wildman–Crippen LogP) is 3.81. The van der Waals surface area contributed by atoms with Gasteiger partial charge in [-0.2, -0.15) is 0 Å². The average Bonchev–Trinajstić information content (AvgIpc) is 3.04. The summed E-state index contributed by atoms with van der Waals surface area (Å²) in [7, 11) is 0. The maximum absolute atomic E-state index is 12.5. The molecule has 0 aromatic carbocycles. The smallest absolute Gasteiger partial charge is 0.232 e. The van der Waals surface area contributed by atoms with Crippen LogP contribution in [0.4, 0.5) is 0 Å². The summed E-state index contributed by atoms with van der Waals surface area (Å²) in [5, 5.41) is 11.2. The number of thiophene rings is 2. The van der Waals surface area contributed by atoms with Gasteiger partial charge in [0.15, 0.2) is 5.76 Å². The summed E-state index contributed by atoms with van der Waals surface area (Å²) < 4.78 is 5.42. The zero-order valence-electron chi connectivity index (χ0n) is 11.7. The molecule has 0 unspecified atom stereocenters. The lowest BCUT2D eigenvalue weighted by Crippen LogP contribution is -2.34. The third-order valence-electron chi connectivity index (χ3n) is 3.95. The van der Waals surface area contributed by atoms with E-state index in [0.717, 1.165) is 34.1 Å². The molecule has 4 nitrogen and oxygen atoms in total. The van der Waals surface area contributed by atoms with Crippen molar-refractivity contribution in [1.82, 2.24) is 10.5 Å². The van der Waals surface area contributed by atoms with E-state index in [4.69, 9.17) is 4.52 Å². The van der Waals surface area contributed by atoms with Crippen molar-refractivity contribution in [3.05, 3.63) is 51.7 Å². The number of carbonyl (C=O) groups is 1. The molecule has 0 radical (unpaired) electrons. The molecule has 1 N–H and O–H groups in total. The fraction of sp³-hybridized carbons (Fsp3) is 0.250. The van der Waals surface area contributed by atoms with Gasteiger partial charge in [-0.3, -0.25) is 4.79 Å². The fourth-order valence-electron chi connectivity index (χ4n) is 2.51. The van der Waals surface area contributed by atoms with Crippen molar-refractivity contribution < 1.29 is 9.32 Å². The Morgan fingerprint density at radius 2 is 2.09 bits per heavy atom. The van der Waals surface area contributed by atoms with Crippen LogP contribution in [0.3, 0.4) is 0 Å². The lowest BCUT2D eigenvalue weighted by atomic mass is 10.0. The number of amides is 1. The van der Waals surface area contributed by atoms with Crippen LogP contribution >= 0.6 is 22.7 Å². The predicted molar refractivity (Wildman–Crippen MR) is 86.9 cm³/mol. The summed E-state index contributed by atoms with van der Waals surface area (Å²) in [6, 6.07) is 9.89. The number of aromatic nitrogens is 1. The first-order valence-electron chi connectivity index (χ1n) is 7.10. The third-order valence-corrected chi connectivity index (χ3v) is 5.71. The highest BCUT2D eigenvalue weighted by Crippen LogP contribution is 2.48. The van der Waals surface area contributed by atoms with Crippen molar-refractivity contribution in [3.63, 3.8) is 0 Å². The van der Waals surface area contributed by atoms with Crippen molar-refractivity contribution in [2.24, 2.45) is 0 Å². The lowest BCUT2D eigenvalue weighted by molar-refractivity contribution is -0.123. The van der Waals surface area contributed by atoms with Gasteiger partial charge in [-0.05, 0) is 35.7 Å². The molecule has 4 rings (SSSR count). The Kier molecular flexibility index (Phi) is 3.35. The summed E-state index contributed by atoms with van der Waals surface area (Å²) in [5.41, 5.74) is 0.260. The van der Waals surface area contributed by atoms with Crippen LogP contribution in [0, 0.1) is 0 Å². The highest BCUT2D eigenvalue weighted by molar-refractivity contribution is 7.13. The molecule has 0 saturated heterocycles. The quantitative estimate of drug-likeness (QED) is 0.774. The van der Waals surface area contributed by atoms with Gasteiger partial charge in [0.05, 0.1) is 22.5 Å². The second-order valence-electron chi connectivity index (χ2n) is 5.40. The van der Waals surface area contributed by atoms with E-state index in [2.05, 4.69) is 10.5 Å². The number of hydrogen-bond donors (Lipinski definition) is 1. The minimum Gasteiger partial charge on any atom is -0.355 e. The molecule has 22 heavy (non-hydrogen) atoms. The standard InChI is InChI=1S/C16H14N2O2S2/c19-15(17-10-11-3-1-7-21-11)16(5-6-16)14-9-12(20-18-14)13-4-2-8-22-13/h1-4,7-9H,5-6,10H2,(H,17,19). The van der Waals surface area contributed by atoms with Crippen molar-refractivity contribution in [1.29, 1.82) is 0 Å². The molecule has 3 heterocycles. The van der Waals surface area contributed by atoms with Crippen LogP contribution in [0.1, 0.15) is 23.4 Å². The normalized spacial score (nSPS) is 15.6. The zero-order chi connectivity index (χ0) is 15.0. The second kappa shape index (κ2) is 5.37. The molecular weight excluding hydrogens is 316 g/mol. The van der Waals surface area contributed by atoms with Crippen LogP contribution in [0.2, 0.25) is 0 Å². The molecule has 0 atom stereocenters. The molecular formula is C16H14N2O2S2. The van der Waals surface area contributed by atoms with Crippen LogP contribution in [-0.2, 0) is 16.8 Å². The molecule has 3 aromatic rings. The Morgan fingerprint density at radius 3 is 2.77 bits per heavy atom. The van der Waals surface area contributed by atoms with Crippen LogP contribution in [0.25, 0.3) is 10.6 Å². The number of nitrogens with one attached hydrogen (secondary N) is 1.